The second-order valence-corrected chi connectivity index (χ2v) is 6.49. The summed E-state index contributed by atoms with van der Waals surface area (Å²) in [7, 11) is 0. The van der Waals surface area contributed by atoms with Gasteiger partial charge in [0.25, 0.3) is 5.56 Å². The second-order valence-electron chi connectivity index (χ2n) is 6.49. The zero-order chi connectivity index (χ0) is 20.5. The summed E-state index contributed by atoms with van der Waals surface area (Å²) >= 11 is 0. The number of aromatic nitrogens is 5. The van der Waals surface area contributed by atoms with E-state index in [9.17, 15) is 18.8 Å². The van der Waals surface area contributed by atoms with Crippen LogP contribution in [-0.4, -0.2) is 48.4 Å². The van der Waals surface area contributed by atoms with Crippen LogP contribution in [-0.2, 0) is 6.54 Å². The van der Waals surface area contributed by atoms with E-state index >= 15 is 0 Å². The van der Waals surface area contributed by atoms with Crippen LogP contribution in [0.4, 0.5) is 4.39 Å². The number of benzene rings is 1. The van der Waals surface area contributed by atoms with Crippen molar-refractivity contribution in [2.45, 2.75) is 26.3 Å². The Kier molecular flexibility index (Phi) is 4.79. The lowest BCUT2D eigenvalue weighted by Crippen LogP contribution is -2.41. The molecule has 0 atom stereocenters. The summed E-state index contributed by atoms with van der Waals surface area (Å²) in [5.41, 5.74) is -1.39. The molecule has 0 spiro atoms. The summed E-state index contributed by atoms with van der Waals surface area (Å²) in [5.74, 6) is -1.33. The molecule has 1 fully saturated rings. The maximum atomic E-state index is 13.2. The van der Waals surface area contributed by atoms with Gasteiger partial charge >= 0.3 is 17.5 Å². The molecular weight excluding hydrogens is 383 g/mol. The van der Waals surface area contributed by atoms with Crippen molar-refractivity contribution in [2.75, 3.05) is 13.1 Å². The standard InChI is InChI=1S/C18H17FN6O4/c1-2-24-16(26)13(21-25(18(24)28)12-7-5-11(19)6-8-12)14-20-15(29-22-14)17(27)23-9-3-4-10-23/h5-8H,2-4,9-10H2,1H3. The molecule has 1 aromatic carbocycles. The highest BCUT2D eigenvalue weighted by Crippen LogP contribution is 2.15. The molecule has 1 amide bonds. The minimum Gasteiger partial charge on any atom is -0.334 e. The number of carbonyl (C=O) groups excluding carboxylic acids is 1. The van der Waals surface area contributed by atoms with Gasteiger partial charge in [0.2, 0.25) is 5.82 Å². The van der Waals surface area contributed by atoms with Crippen LogP contribution >= 0.6 is 0 Å². The molecule has 0 unspecified atom stereocenters. The third-order valence-corrected chi connectivity index (χ3v) is 4.66. The lowest BCUT2D eigenvalue weighted by Gasteiger charge is -2.11. The van der Waals surface area contributed by atoms with Crippen molar-refractivity contribution in [3.05, 3.63) is 56.8 Å². The first-order valence-electron chi connectivity index (χ1n) is 9.13. The molecule has 29 heavy (non-hydrogen) atoms. The lowest BCUT2D eigenvalue weighted by molar-refractivity contribution is 0.0743. The summed E-state index contributed by atoms with van der Waals surface area (Å²) in [6, 6.07) is 5.06. The molecule has 2 aromatic heterocycles. The maximum Gasteiger partial charge on any atom is 0.352 e. The Labute approximate surface area is 163 Å². The smallest absolute Gasteiger partial charge is 0.334 e. The lowest BCUT2D eigenvalue weighted by atomic mass is 10.3. The number of likely N-dealkylation sites (tertiary alicyclic amines) is 1. The number of hydrogen-bond acceptors (Lipinski definition) is 7. The van der Waals surface area contributed by atoms with Gasteiger partial charge in [-0.15, -0.1) is 0 Å². The predicted molar refractivity (Wildman–Crippen MR) is 98.2 cm³/mol. The van der Waals surface area contributed by atoms with Crippen LogP contribution in [0, 0.1) is 5.82 Å². The molecular formula is C18H17FN6O4. The minimum atomic E-state index is -0.711. The van der Waals surface area contributed by atoms with E-state index in [1.165, 1.54) is 24.3 Å². The number of carbonyl (C=O) groups is 1. The molecule has 3 aromatic rings. The van der Waals surface area contributed by atoms with Gasteiger partial charge in [-0.2, -0.15) is 14.8 Å². The Morgan fingerprint density at radius 2 is 1.86 bits per heavy atom. The third kappa shape index (κ3) is 3.35. The number of nitrogens with zero attached hydrogens (tertiary/aromatic N) is 6. The van der Waals surface area contributed by atoms with Gasteiger partial charge in [0.15, 0.2) is 5.69 Å². The summed E-state index contributed by atoms with van der Waals surface area (Å²) in [6.07, 6.45) is 1.80. The van der Waals surface area contributed by atoms with Gasteiger partial charge < -0.3 is 9.42 Å². The first-order chi connectivity index (χ1) is 14.0. The van der Waals surface area contributed by atoms with E-state index in [4.69, 9.17) is 4.52 Å². The number of rotatable bonds is 4. The van der Waals surface area contributed by atoms with Crippen molar-refractivity contribution in [3.8, 4) is 17.2 Å². The number of halogens is 1. The van der Waals surface area contributed by atoms with Crippen LogP contribution in [0.2, 0.25) is 0 Å². The van der Waals surface area contributed by atoms with E-state index in [-0.39, 0.29) is 29.6 Å². The van der Waals surface area contributed by atoms with E-state index < -0.39 is 23.0 Å². The normalized spacial score (nSPS) is 13.8. The Hall–Kier alpha value is -3.63. The van der Waals surface area contributed by atoms with Crippen LogP contribution in [0.3, 0.4) is 0 Å². The summed E-state index contributed by atoms with van der Waals surface area (Å²) in [6.45, 7) is 2.91. The predicted octanol–water partition coefficient (Wildman–Crippen LogP) is 0.839. The average Bonchev–Trinajstić information content (AvgIpc) is 3.41. The first-order valence-corrected chi connectivity index (χ1v) is 9.13. The Balaban J connectivity index is 1.81. The zero-order valence-electron chi connectivity index (χ0n) is 15.5. The Morgan fingerprint density at radius 3 is 2.52 bits per heavy atom. The van der Waals surface area contributed by atoms with Crippen molar-refractivity contribution in [2.24, 2.45) is 0 Å². The molecule has 0 aliphatic carbocycles. The molecule has 10 nitrogen and oxygen atoms in total. The van der Waals surface area contributed by atoms with Crippen molar-refractivity contribution in [3.63, 3.8) is 0 Å². The summed E-state index contributed by atoms with van der Waals surface area (Å²) < 4.78 is 20.2. The van der Waals surface area contributed by atoms with Crippen molar-refractivity contribution in [1.82, 2.24) is 29.4 Å². The highest BCUT2D eigenvalue weighted by atomic mass is 19.1. The fourth-order valence-electron chi connectivity index (χ4n) is 3.15. The van der Waals surface area contributed by atoms with Gasteiger partial charge in [-0.1, -0.05) is 5.16 Å². The monoisotopic (exact) mass is 400 g/mol. The molecule has 150 valence electrons. The molecule has 1 aliphatic heterocycles. The molecule has 0 bridgehead atoms. The zero-order valence-corrected chi connectivity index (χ0v) is 15.5. The van der Waals surface area contributed by atoms with Gasteiger partial charge in [0.1, 0.15) is 5.82 Å². The molecule has 0 N–H and O–H groups in total. The van der Waals surface area contributed by atoms with E-state index in [0.29, 0.717) is 13.1 Å². The molecule has 1 saturated heterocycles. The number of amides is 1. The molecule has 11 heteroatoms. The largest absolute Gasteiger partial charge is 0.352 e. The molecule has 1 aliphatic rings. The van der Waals surface area contributed by atoms with E-state index in [1.54, 1.807) is 11.8 Å². The SMILES string of the molecule is CCn1c(=O)c(-c2noc(C(=O)N3CCCC3)n2)nn(-c2ccc(F)cc2)c1=O. The second kappa shape index (κ2) is 7.41. The van der Waals surface area contributed by atoms with Gasteiger partial charge in [-0.3, -0.25) is 14.2 Å². The van der Waals surface area contributed by atoms with Crippen molar-refractivity contribution >= 4 is 5.91 Å². The summed E-state index contributed by atoms with van der Waals surface area (Å²) in [5, 5.41) is 7.77. The fourth-order valence-corrected chi connectivity index (χ4v) is 3.15. The van der Waals surface area contributed by atoms with Gasteiger partial charge in [-0.05, 0) is 44.0 Å². The maximum absolute atomic E-state index is 13.2. The van der Waals surface area contributed by atoms with Crippen LogP contribution in [0.25, 0.3) is 17.2 Å². The highest BCUT2D eigenvalue weighted by molar-refractivity contribution is 5.90. The average molecular weight is 400 g/mol. The van der Waals surface area contributed by atoms with E-state index in [0.717, 1.165) is 22.1 Å². The number of hydrogen-bond donors (Lipinski definition) is 0. The van der Waals surface area contributed by atoms with Gasteiger partial charge in [0.05, 0.1) is 5.69 Å². The van der Waals surface area contributed by atoms with E-state index in [2.05, 4.69) is 15.2 Å². The van der Waals surface area contributed by atoms with Crippen LogP contribution < -0.4 is 11.2 Å². The van der Waals surface area contributed by atoms with Gasteiger partial charge in [0, 0.05) is 19.6 Å². The molecule has 3 heterocycles. The van der Waals surface area contributed by atoms with Crippen molar-refractivity contribution in [1.29, 1.82) is 0 Å². The van der Waals surface area contributed by atoms with Crippen LogP contribution in [0.5, 0.6) is 0 Å². The van der Waals surface area contributed by atoms with Gasteiger partial charge in [-0.25, -0.2) is 9.18 Å². The quantitative estimate of drug-likeness (QED) is 0.637. The molecule has 4 rings (SSSR count). The van der Waals surface area contributed by atoms with Crippen LogP contribution in [0.1, 0.15) is 30.5 Å². The molecule has 0 saturated carbocycles. The Bertz CT molecular complexity index is 1170. The topological polar surface area (TPSA) is 116 Å². The first kappa shape index (κ1) is 18.7. The van der Waals surface area contributed by atoms with Crippen LogP contribution in [0.15, 0.2) is 38.4 Å². The van der Waals surface area contributed by atoms with E-state index in [1.807, 2.05) is 0 Å². The third-order valence-electron chi connectivity index (χ3n) is 4.66. The minimum absolute atomic E-state index is 0.0752. The highest BCUT2D eigenvalue weighted by Gasteiger charge is 2.27. The van der Waals surface area contributed by atoms with Crippen molar-refractivity contribution < 1.29 is 13.7 Å². The fraction of sp³-hybridized carbons (Fsp3) is 0.333. The molecule has 0 radical (unpaired) electrons. The Morgan fingerprint density at radius 1 is 1.17 bits per heavy atom. The summed E-state index contributed by atoms with van der Waals surface area (Å²) in [4.78, 5) is 43.3.